The number of fused-ring (bicyclic) bond motifs is 1. The summed E-state index contributed by atoms with van der Waals surface area (Å²) < 4.78 is 5.51. The highest BCUT2D eigenvalue weighted by atomic mass is 16.5. The van der Waals surface area contributed by atoms with Gasteiger partial charge in [0.05, 0.1) is 12.7 Å². The molecular weight excluding hydrogens is 404 g/mol. The van der Waals surface area contributed by atoms with E-state index >= 15 is 0 Å². The number of benzene rings is 2. The SMILES string of the molecule is CCCN1CCC(Cc2ccc3[nH]cc(C(C)c4ccc(C(=O)O)cc4OC)c3c2)C1=O. The van der Waals surface area contributed by atoms with Crippen molar-refractivity contribution in [3.63, 3.8) is 0 Å². The van der Waals surface area contributed by atoms with E-state index in [1.807, 2.05) is 17.2 Å². The number of methoxy groups -OCH3 is 1. The Morgan fingerprint density at radius 1 is 1.25 bits per heavy atom. The number of hydrogen-bond acceptors (Lipinski definition) is 3. The van der Waals surface area contributed by atoms with Gasteiger partial charge in [0.25, 0.3) is 0 Å². The highest BCUT2D eigenvalue weighted by Gasteiger charge is 2.31. The van der Waals surface area contributed by atoms with Gasteiger partial charge in [0.2, 0.25) is 5.91 Å². The number of carbonyl (C=O) groups is 2. The highest BCUT2D eigenvalue weighted by Crippen LogP contribution is 2.36. The Morgan fingerprint density at radius 3 is 2.78 bits per heavy atom. The minimum absolute atomic E-state index is 0.00459. The van der Waals surface area contributed by atoms with E-state index < -0.39 is 5.97 Å². The van der Waals surface area contributed by atoms with Crippen LogP contribution in [0, 0.1) is 5.92 Å². The molecule has 0 saturated carbocycles. The lowest BCUT2D eigenvalue weighted by molar-refractivity contribution is -0.130. The molecule has 2 N–H and O–H groups in total. The van der Waals surface area contributed by atoms with Gasteiger partial charge in [-0.15, -0.1) is 0 Å². The van der Waals surface area contributed by atoms with Crippen LogP contribution < -0.4 is 4.74 Å². The Morgan fingerprint density at radius 2 is 2.06 bits per heavy atom. The molecule has 1 aliphatic heterocycles. The van der Waals surface area contributed by atoms with E-state index in [1.165, 1.54) is 0 Å². The number of aromatic nitrogens is 1. The first-order valence-electron chi connectivity index (χ1n) is 11.2. The number of H-pyrrole nitrogens is 1. The standard InChI is InChI=1S/C26H30N2O4/c1-4-10-28-11-9-18(25(28)29)12-17-5-8-23-21(13-17)22(15-27-23)16(2)20-7-6-19(26(30)31)14-24(20)32-3/h5-8,13-16,18,27H,4,9-12H2,1-3H3,(H,30,31). The molecule has 3 aromatic rings. The minimum atomic E-state index is -0.974. The van der Waals surface area contributed by atoms with E-state index in [0.29, 0.717) is 5.75 Å². The predicted octanol–water partition coefficient (Wildman–Crippen LogP) is 4.83. The van der Waals surface area contributed by atoms with Gasteiger partial charge >= 0.3 is 5.97 Å². The summed E-state index contributed by atoms with van der Waals surface area (Å²) in [6.07, 6.45) is 4.67. The monoisotopic (exact) mass is 434 g/mol. The maximum absolute atomic E-state index is 12.7. The maximum atomic E-state index is 12.7. The van der Waals surface area contributed by atoms with Gasteiger partial charge in [-0.2, -0.15) is 0 Å². The molecule has 0 spiro atoms. The second-order valence-electron chi connectivity index (χ2n) is 8.62. The normalized spacial score (nSPS) is 17.2. The van der Waals surface area contributed by atoms with E-state index in [0.717, 1.165) is 59.9 Å². The Balaban J connectivity index is 1.62. The largest absolute Gasteiger partial charge is 0.496 e. The van der Waals surface area contributed by atoms with Crippen LogP contribution in [0.2, 0.25) is 0 Å². The van der Waals surface area contributed by atoms with Crippen molar-refractivity contribution in [2.45, 2.75) is 39.0 Å². The van der Waals surface area contributed by atoms with Crippen molar-refractivity contribution in [1.82, 2.24) is 9.88 Å². The highest BCUT2D eigenvalue weighted by molar-refractivity contribution is 5.89. The fraction of sp³-hybridized carbons (Fsp3) is 0.385. The molecule has 1 saturated heterocycles. The van der Waals surface area contributed by atoms with Crippen molar-refractivity contribution >= 4 is 22.8 Å². The third-order valence-electron chi connectivity index (χ3n) is 6.58. The van der Waals surface area contributed by atoms with Crippen LogP contribution in [0.1, 0.15) is 59.7 Å². The van der Waals surface area contributed by atoms with Crippen LogP contribution in [-0.4, -0.2) is 47.1 Å². The first-order chi connectivity index (χ1) is 15.4. The summed E-state index contributed by atoms with van der Waals surface area (Å²) in [7, 11) is 1.56. The van der Waals surface area contributed by atoms with Gasteiger partial charge in [-0.25, -0.2) is 4.79 Å². The summed E-state index contributed by atoms with van der Waals surface area (Å²) in [5.41, 5.74) is 4.47. The van der Waals surface area contributed by atoms with E-state index in [9.17, 15) is 14.7 Å². The van der Waals surface area contributed by atoms with Crippen molar-refractivity contribution in [3.8, 4) is 5.75 Å². The number of carboxylic acids is 1. The van der Waals surface area contributed by atoms with Crippen molar-refractivity contribution in [3.05, 3.63) is 64.8 Å². The number of nitrogens with one attached hydrogen (secondary N) is 1. The molecule has 6 nitrogen and oxygen atoms in total. The molecule has 6 heteroatoms. The van der Waals surface area contributed by atoms with Gasteiger partial charge in [0.1, 0.15) is 5.75 Å². The fourth-order valence-corrected chi connectivity index (χ4v) is 4.81. The molecule has 2 aromatic carbocycles. The number of carbonyl (C=O) groups excluding carboxylic acids is 1. The quantitative estimate of drug-likeness (QED) is 0.532. The van der Waals surface area contributed by atoms with Crippen LogP contribution in [-0.2, 0) is 11.2 Å². The molecule has 1 aromatic heterocycles. The lowest BCUT2D eigenvalue weighted by Crippen LogP contribution is -2.28. The Kier molecular flexibility index (Phi) is 6.21. The topological polar surface area (TPSA) is 82.6 Å². The van der Waals surface area contributed by atoms with Crippen molar-refractivity contribution in [2.24, 2.45) is 5.92 Å². The van der Waals surface area contributed by atoms with Gasteiger partial charge in [0, 0.05) is 47.6 Å². The molecule has 2 unspecified atom stereocenters. The van der Waals surface area contributed by atoms with Gasteiger partial charge < -0.3 is 19.7 Å². The van der Waals surface area contributed by atoms with Gasteiger partial charge in [-0.3, -0.25) is 4.79 Å². The van der Waals surface area contributed by atoms with Crippen molar-refractivity contribution < 1.29 is 19.4 Å². The summed E-state index contributed by atoms with van der Waals surface area (Å²) in [5, 5.41) is 10.4. The van der Waals surface area contributed by atoms with Crippen LogP contribution in [0.4, 0.5) is 0 Å². The molecule has 0 bridgehead atoms. The Labute approximate surface area is 188 Å². The minimum Gasteiger partial charge on any atom is -0.496 e. The van der Waals surface area contributed by atoms with Gasteiger partial charge in [0.15, 0.2) is 0 Å². The lowest BCUT2D eigenvalue weighted by Gasteiger charge is -2.17. The summed E-state index contributed by atoms with van der Waals surface area (Å²) in [5.74, 6) is -0.0704. The molecule has 2 atom stereocenters. The van der Waals surface area contributed by atoms with E-state index in [4.69, 9.17) is 4.74 Å². The molecular formula is C26H30N2O4. The maximum Gasteiger partial charge on any atom is 0.335 e. The Hall–Kier alpha value is -3.28. The first kappa shape index (κ1) is 21.9. The molecule has 4 rings (SSSR count). The molecule has 168 valence electrons. The number of rotatable bonds is 8. The number of carboxylic acid groups (broad SMARTS) is 1. The van der Waals surface area contributed by atoms with E-state index in [-0.39, 0.29) is 23.3 Å². The number of aromatic carboxylic acids is 1. The number of nitrogens with zero attached hydrogens (tertiary/aromatic N) is 1. The molecule has 1 fully saturated rings. The molecule has 2 heterocycles. The van der Waals surface area contributed by atoms with Gasteiger partial charge in [-0.05, 0) is 54.7 Å². The number of amides is 1. The molecule has 1 amide bonds. The van der Waals surface area contributed by atoms with Crippen molar-refractivity contribution in [2.75, 3.05) is 20.2 Å². The van der Waals surface area contributed by atoms with Crippen LogP contribution >= 0.6 is 0 Å². The van der Waals surface area contributed by atoms with E-state index in [1.54, 1.807) is 19.2 Å². The second kappa shape index (κ2) is 9.07. The predicted molar refractivity (Wildman–Crippen MR) is 124 cm³/mol. The number of ether oxygens (including phenoxy) is 1. The average molecular weight is 435 g/mol. The summed E-state index contributed by atoms with van der Waals surface area (Å²) in [4.78, 5) is 29.3. The zero-order valence-corrected chi connectivity index (χ0v) is 18.9. The van der Waals surface area contributed by atoms with E-state index in [2.05, 4.69) is 37.0 Å². The molecule has 0 radical (unpaired) electrons. The third-order valence-corrected chi connectivity index (χ3v) is 6.58. The number of likely N-dealkylation sites (tertiary alicyclic amines) is 1. The summed E-state index contributed by atoms with van der Waals surface area (Å²) in [6, 6.07) is 11.4. The lowest BCUT2D eigenvalue weighted by atomic mass is 9.90. The third kappa shape index (κ3) is 4.09. The smallest absolute Gasteiger partial charge is 0.335 e. The van der Waals surface area contributed by atoms with Crippen LogP contribution in [0.15, 0.2) is 42.6 Å². The molecule has 32 heavy (non-hydrogen) atoms. The number of aromatic amines is 1. The van der Waals surface area contributed by atoms with Crippen LogP contribution in [0.3, 0.4) is 0 Å². The Bertz CT molecular complexity index is 1150. The summed E-state index contributed by atoms with van der Waals surface area (Å²) >= 11 is 0. The zero-order chi connectivity index (χ0) is 22.8. The molecule has 1 aliphatic rings. The first-order valence-corrected chi connectivity index (χ1v) is 11.2. The van der Waals surface area contributed by atoms with Gasteiger partial charge in [-0.1, -0.05) is 26.0 Å². The average Bonchev–Trinajstić information content (AvgIpc) is 3.37. The molecule has 0 aliphatic carbocycles. The van der Waals surface area contributed by atoms with Crippen LogP contribution in [0.5, 0.6) is 5.75 Å². The van der Waals surface area contributed by atoms with Crippen molar-refractivity contribution in [1.29, 1.82) is 0 Å². The zero-order valence-electron chi connectivity index (χ0n) is 18.9. The fourth-order valence-electron chi connectivity index (χ4n) is 4.81. The number of hydrogen-bond donors (Lipinski definition) is 2. The second-order valence-corrected chi connectivity index (χ2v) is 8.62. The van der Waals surface area contributed by atoms with Crippen LogP contribution in [0.25, 0.3) is 10.9 Å². The summed E-state index contributed by atoms with van der Waals surface area (Å²) in [6.45, 7) is 5.90.